The Morgan fingerprint density at radius 1 is 1.14 bits per heavy atom. The largest absolute Gasteiger partial charge is 0.494 e. The van der Waals surface area contributed by atoms with Crippen LogP contribution in [0.5, 0.6) is 11.5 Å². The van der Waals surface area contributed by atoms with E-state index < -0.39 is 0 Å². The molecular weight excluding hydrogens is 180 g/mol. The molecule has 1 aromatic carbocycles. The van der Waals surface area contributed by atoms with Gasteiger partial charge >= 0.3 is 0 Å². The highest BCUT2D eigenvalue weighted by Crippen LogP contribution is 2.25. The lowest BCUT2D eigenvalue weighted by Gasteiger charge is -2.10. The molecule has 0 N–H and O–H groups in total. The van der Waals surface area contributed by atoms with Gasteiger partial charge in [-0.3, -0.25) is 0 Å². The van der Waals surface area contributed by atoms with Crippen LogP contribution in [0.1, 0.15) is 19.4 Å². The van der Waals surface area contributed by atoms with E-state index in [0.29, 0.717) is 24.5 Å². The van der Waals surface area contributed by atoms with Crippen molar-refractivity contribution in [2.24, 2.45) is 0 Å². The molecule has 0 bridgehead atoms. The average molecular weight is 195 g/mol. The molecule has 0 aliphatic heterocycles. The van der Waals surface area contributed by atoms with Crippen LogP contribution in [0, 0.1) is 0 Å². The van der Waals surface area contributed by atoms with Crippen LogP contribution >= 0.6 is 0 Å². The van der Waals surface area contributed by atoms with Gasteiger partial charge in [-0.05, 0) is 26.0 Å². The normalized spacial score (nSPS) is 9.93. The van der Waals surface area contributed by atoms with E-state index in [1.54, 1.807) is 18.2 Å². The highest BCUT2D eigenvalue weighted by Gasteiger charge is 2.04. The molecule has 1 rings (SSSR count). The Balaban J connectivity index is 2.88. The minimum atomic E-state index is -0.262. The molecule has 0 fully saturated rings. The Morgan fingerprint density at radius 3 is 2.43 bits per heavy atom. The summed E-state index contributed by atoms with van der Waals surface area (Å²) in [5, 5.41) is 10.8. The average Bonchev–Trinajstić information content (AvgIpc) is 2.19. The lowest BCUT2D eigenvalue weighted by molar-refractivity contribution is 0.172. The third kappa shape index (κ3) is 2.64. The first-order valence-electron chi connectivity index (χ1n) is 4.78. The summed E-state index contributed by atoms with van der Waals surface area (Å²) >= 11 is 0. The summed E-state index contributed by atoms with van der Waals surface area (Å²) < 4.78 is 10.6. The van der Waals surface area contributed by atoms with Gasteiger partial charge in [0.25, 0.3) is 0 Å². The third-order valence-corrected chi connectivity index (χ3v) is 1.80. The van der Waals surface area contributed by atoms with Crippen molar-refractivity contribution in [2.75, 3.05) is 13.2 Å². The van der Waals surface area contributed by atoms with Gasteiger partial charge in [0.1, 0.15) is 18.1 Å². The van der Waals surface area contributed by atoms with E-state index in [0.717, 1.165) is 5.75 Å². The maximum Gasteiger partial charge on any atom is 0.128 e. The molecule has 0 amide bonds. The number of rotatable bonds is 5. The fourth-order valence-corrected chi connectivity index (χ4v) is 1.20. The summed E-state index contributed by atoms with van der Waals surface area (Å²) in [6, 6.07) is 5.31. The fraction of sp³-hybridized carbons (Fsp3) is 0.455. The van der Waals surface area contributed by atoms with Crippen LogP contribution in [0.15, 0.2) is 18.2 Å². The monoisotopic (exact) mass is 195 g/mol. The number of ether oxygens (including phenoxy) is 2. The summed E-state index contributed by atoms with van der Waals surface area (Å²) in [6.07, 6.45) is 0. The van der Waals surface area contributed by atoms with E-state index in [-0.39, 0.29) is 6.61 Å². The van der Waals surface area contributed by atoms with Crippen molar-refractivity contribution in [1.82, 2.24) is 0 Å². The summed E-state index contributed by atoms with van der Waals surface area (Å²) in [5.41, 5.74) is 0.676. The van der Waals surface area contributed by atoms with Crippen LogP contribution in [0.25, 0.3) is 0 Å². The first-order valence-corrected chi connectivity index (χ1v) is 4.78. The minimum absolute atomic E-state index is 0.262. The van der Waals surface area contributed by atoms with Gasteiger partial charge in [0.2, 0.25) is 0 Å². The highest BCUT2D eigenvalue weighted by atomic mass is 16.5. The summed E-state index contributed by atoms with van der Waals surface area (Å²) in [7, 11) is 0. The maximum absolute atomic E-state index is 10.8. The molecule has 0 atom stereocenters. The lowest BCUT2D eigenvalue weighted by atomic mass is 10.2. The molecule has 0 aliphatic rings. The van der Waals surface area contributed by atoms with Crippen molar-refractivity contribution in [1.29, 1.82) is 0 Å². The van der Waals surface area contributed by atoms with Gasteiger partial charge < -0.3 is 9.47 Å². The summed E-state index contributed by atoms with van der Waals surface area (Å²) in [4.78, 5) is 0. The quantitative estimate of drug-likeness (QED) is 0.723. The molecule has 0 heterocycles. The van der Waals surface area contributed by atoms with Gasteiger partial charge in [0, 0.05) is 11.6 Å². The van der Waals surface area contributed by atoms with Gasteiger partial charge in [0.05, 0.1) is 13.2 Å². The van der Waals surface area contributed by atoms with E-state index in [1.165, 1.54) is 0 Å². The molecule has 1 aromatic rings. The third-order valence-electron chi connectivity index (χ3n) is 1.80. The summed E-state index contributed by atoms with van der Waals surface area (Å²) in [6.45, 7) is 4.72. The van der Waals surface area contributed by atoms with Gasteiger partial charge in [-0.2, -0.15) is 0 Å². The number of hydrogen-bond donors (Lipinski definition) is 0. The Kier molecular flexibility index (Phi) is 4.26. The van der Waals surface area contributed by atoms with Gasteiger partial charge in [-0.1, -0.05) is 0 Å². The Labute approximate surface area is 84.3 Å². The molecular formula is C11H15O3. The van der Waals surface area contributed by atoms with Crippen LogP contribution in [0.3, 0.4) is 0 Å². The SMILES string of the molecule is CCOc1ccc(C[O])c(OCC)c1. The van der Waals surface area contributed by atoms with E-state index in [1.807, 2.05) is 13.8 Å². The van der Waals surface area contributed by atoms with Crippen LogP contribution in [0.2, 0.25) is 0 Å². The van der Waals surface area contributed by atoms with E-state index in [9.17, 15) is 5.11 Å². The lowest BCUT2D eigenvalue weighted by Crippen LogP contribution is -1.98. The van der Waals surface area contributed by atoms with Crippen molar-refractivity contribution >= 4 is 0 Å². The molecule has 0 saturated heterocycles. The molecule has 0 aliphatic carbocycles. The van der Waals surface area contributed by atoms with E-state index in [4.69, 9.17) is 9.47 Å². The van der Waals surface area contributed by atoms with Crippen LogP contribution in [-0.4, -0.2) is 13.2 Å². The highest BCUT2D eigenvalue weighted by molar-refractivity contribution is 5.40. The van der Waals surface area contributed by atoms with Gasteiger partial charge in [-0.15, -0.1) is 0 Å². The minimum Gasteiger partial charge on any atom is -0.494 e. The molecule has 0 aromatic heterocycles. The first kappa shape index (κ1) is 10.9. The standard InChI is InChI=1S/C11H15O3/c1-3-13-10-6-5-9(8-12)11(7-10)14-4-2/h5-7H,3-4,8H2,1-2H3. The first-order chi connectivity index (χ1) is 6.81. The van der Waals surface area contributed by atoms with Crippen molar-refractivity contribution < 1.29 is 14.6 Å². The maximum atomic E-state index is 10.8. The molecule has 1 radical (unpaired) electrons. The fourth-order valence-electron chi connectivity index (χ4n) is 1.20. The van der Waals surface area contributed by atoms with Gasteiger partial charge in [0.15, 0.2) is 0 Å². The summed E-state index contributed by atoms with van der Waals surface area (Å²) in [5.74, 6) is 1.38. The molecule has 3 heteroatoms. The topological polar surface area (TPSA) is 38.4 Å². The molecule has 3 nitrogen and oxygen atoms in total. The zero-order valence-corrected chi connectivity index (χ0v) is 8.58. The molecule has 14 heavy (non-hydrogen) atoms. The van der Waals surface area contributed by atoms with E-state index >= 15 is 0 Å². The predicted molar refractivity (Wildman–Crippen MR) is 53.2 cm³/mol. The van der Waals surface area contributed by atoms with Gasteiger partial charge in [-0.25, -0.2) is 5.11 Å². The number of benzene rings is 1. The van der Waals surface area contributed by atoms with Crippen LogP contribution in [-0.2, 0) is 11.7 Å². The van der Waals surface area contributed by atoms with Crippen molar-refractivity contribution in [3.05, 3.63) is 23.8 Å². The predicted octanol–water partition coefficient (Wildman–Crippen LogP) is 2.41. The molecule has 0 unspecified atom stereocenters. The van der Waals surface area contributed by atoms with Crippen LogP contribution < -0.4 is 9.47 Å². The number of hydrogen-bond acceptors (Lipinski definition) is 2. The Hall–Kier alpha value is -1.22. The van der Waals surface area contributed by atoms with E-state index in [2.05, 4.69) is 0 Å². The molecule has 0 spiro atoms. The second-order valence-corrected chi connectivity index (χ2v) is 2.78. The molecule has 0 saturated carbocycles. The molecule has 77 valence electrons. The Morgan fingerprint density at radius 2 is 1.86 bits per heavy atom. The second kappa shape index (κ2) is 5.50. The Bertz CT molecular complexity index is 284. The van der Waals surface area contributed by atoms with Crippen molar-refractivity contribution in [3.8, 4) is 11.5 Å². The zero-order valence-electron chi connectivity index (χ0n) is 8.58. The second-order valence-electron chi connectivity index (χ2n) is 2.78. The smallest absolute Gasteiger partial charge is 0.128 e. The van der Waals surface area contributed by atoms with Crippen molar-refractivity contribution in [2.45, 2.75) is 20.5 Å². The van der Waals surface area contributed by atoms with Crippen LogP contribution in [0.4, 0.5) is 0 Å². The zero-order chi connectivity index (χ0) is 10.4. The van der Waals surface area contributed by atoms with Crippen molar-refractivity contribution in [3.63, 3.8) is 0 Å².